The van der Waals surface area contributed by atoms with Crippen LogP contribution in [0, 0.1) is 6.92 Å². The van der Waals surface area contributed by atoms with Gasteiger partial charge in [0.1, 0.15) is 0 Å². The maximum absolute atomic E-state index is 2.71. The minimum absolute atomic E-state index is 0.0325. The molecule has 0 aromatic heterocycles. The predicted molar refractivity (Wildman–Crippen MR) is 202 cm³/mol. The molecule has 10 rings (SSSR count). The van der Waals surface area contributed by atoms with Crippen LogP contribution in [0.15, 0.2) is 170 Å². The van der Waals surface area contributed by atoms with Crippen molar-refractivity contribution in [3.63, 3.8) is 0 Å². The summed E-state index contributed by atoms with van der Waals surface area (Å²) >= 11 is 0. The number of hydrogen-bond donors (Lipinski definition) is 0. The van der Waals surface area contributed by atoms with E-state index in [0.717, 1.165) is 0 Å². The lowest BCUT2D eigenvalue weighted by Crippen LogP contribution is -2.79. The van der Waals surface area contributed by atoms with E-state index >= 15 is 0 Å². The Morgan fingerprint density at radius 2 is 1.09 bits per heavy atom. The molecule has 0 spiro atoms. The van der Waals surface area contributed by atoms with Crippen molar-refractivity contribution in [2.45, 2.75) is 6.92 Å². The molecule has 0 amide bonds. The number of nitrogens with zero attached hydrogens (tertiary/aromatic N) is 2. The molecule has 0 atom stereocenters. The molecule has 0 bridgehead atoms. The topological polar surface area (TPSA) is 6.48 Å². The number of para-hydroxylation sites is 4. The van der Waals surface area contributed by atoms with Crippen molar-refractivity contribution in [3.8, 4) is 11.1 Å². The van der Waals surface area contributed by atoms with E-state index in [1.807, 2.05) is 0 Å². The lowest BCUT2D eigenvalue weighted by atomic mass is 9.43. The monoisotopic (exact) mass is 614 g/mol. The Kier molecular flexibility index (Phi) is 5.64. The molecule has 4 heteroatoms. The molecule has 220 valence electrons. The van der Waals surface area contributed by atoms with Crippen LogP contribution in [-0.2, 0) is 0 Å². The summed E-state index contributed by atoms with van der Waals surface area (Å²) in [5, 5.41) is 5.74. The summed E-state index contributed by atoms with van der Waals surface area (Å²) in [5.74, 6) is 0. The molecule has 2 nitrogen and oxygen atoms in total. The van der Waals surface area contributed by atoms with Crippen molar-refractivity contribution in [3.05, 3.63) is 175 Å². The normalized spacial score (nSPS) is 14.5. The highest BCUT2D eigenvalue weighted by molar-refractivity contribution is 7.22. The van der Waals surface area contributed by atoms with Crippen molar-refractivity contribution in [1.82, 2.24) is 0 Å². The fourth-order valence-corrected chi connectivity index (χ4v) is 14.0. The van der Waals surface area contributed by atoms with E-state index in [0.29, 0.717) is 0 Å². The number of benzene rings is 7. The van der Waals surface area contributed by atoms with E-state index in [2.05, 4.69) is 186 Å². The zero-order valence-corrected chi connectivity index (χ0v) is 27.1. The van der Waals surface area contributed by atoms with Crippen LogP contribution in [0.5, 0.6) is 0 Å². The summed E-state index contributed by atoms with van der Waals surface area (Å²) in [6.45, 7) is 2.28. The van der Waals surface area contributed by atoms with Gasteiger partial charge in [0.2, 0.25) is 0 Å². The zero-order valence-electron chi connectivity index (χ0n) is 26.1. The molecule has 0 aliphatic carbocycles. The van der Waals surface area contributed by atoms with Crippen molar-refractivity contribution in [2.24, 2.45) is 0 Å². The molecule has 3 aliphatic heterocycles. The Morgan fingerprint density at radius 1 is 0.489 bits per heavy atom. The Bertz CT molecular complexity index is 2300. The Hall–Kier alpha value is -5.58. The van der Waals surface area contributed by atoms with Gasteiger partial charge in [0.25, 0.3) is 0 Å². The molecular formula is C43H31BN2Si. The molecule has 3 heterocycles. The first kappa shape index (κ1) is 26.6. The summed E-state index contributed by atoms with van der Waals surface area (Å²) in [5.41, 5.74) is 13.0. The standard InChI is InChI=1S/C43H31BN2Si/c1-30-28-35-34-22-15-27-41-43(34)46(44-36-23-11-12-24-37(36)45(39(29-30)42(35)44)31-16-5-2-6-17-31)38-25-13-14-26-40(38)47(41,32-18-7-3-8-19-32)33-20-9-4-10-21-33/h2-29H,1H3. The first-order valence-electron chi connectivity index (χ1n) is 16.5. The average Bonchev–Trinajstić information content (AvgIpc) is 3.14. The summed E-state index contributed by atoms with van der Waals surface area (Å²) < 4.78 is 0. The van der Waals surface area contributed by atoms with Crippen LogP contribution in [0.4, 0.5) is 28.4 Å². The molecule has 47 heavy (non-hydrogen) atoms. The van der Waals surface area contributed by atoms with Crippen molar-refractivity contribution in [2.75, 3.05) is 9.71 Å². The van der Waals surface area contributed by atoms with Crippen LogP contribution < -0.4 is 41.4 Å². The lowest BCUT2D eigenvalue weighted by Gasteiger charge is -2.52. The maximum Gasteiger partial charge on any atom is 0.333 e. The minimum atomic E-state index is -2.71. The Balaban J connectivity index is 1.38. The number of hydrogen-bond acceptors (Lipinski definition) is 2. The molecule has 0 saturated carbocycles. The second-order valence-electron chi connectivity index (χ2n) is 12.9. The third kappa shape index (κ3) is 3.51. The summed E-state index contributed by atoms with van der Waals surface area (Å²) in [4.78, 5) is 5.19. The van der Waals surface area contributed by atoms with E-state index in [1.54, 1.807) is 0 Å². The quantitative estimate of drug-likeness (QED) is 0.213. The second-order valence-corrected chi connectivity index (χ2v) is 16.7. The zero-order chi connectivity index (χ0) is 31.1. The third-order valence-corrected chi connectivity index (χ3v) is 15.4. The number of fused-ring (bicyclic) bond motifs is 6. The molecule has 7 aromatic rings. The van der Waals surface area contributed by atoms with Crippen LogP contribution in [0.3, 0.4) is 0 Å². The fraction of sp³-hybridized carbons (Fsp3) is 0.0233. The third-order valence-electron chi connectivity index (χ3n) is 10.5. The number of rotatable bonds is 3. The van der Waals surface area contributed by atoms with Gasteiger partial charge in [-0.3, -0.25) is 0 Å². The Morgan fingerprint density at radius 3 is 1.81 bits per heavy atom. The first-order chi connectivity index (χ1) is 23.3. The average molecular weight is 615 g/mol. The van der Waals surface area contributed by atoms with Gasteiger partial charge in [-0.2, -0.15) is 0 Å². The number of anilines is 5. The van der Waals surface area contributed by atoms with E-state index in [9.17, 15) is 0 Å². The second kappa shape index (κ2) is 9.96. The van der Waals surface area contributed by atoms with E-state index in [1.165, 1.54) is 76.8 Å². The summed E-state index contributed by atoms with van der Waals surface area (Å²) in [6, 6.07) is 63.8. The van der Waals surface area contributed by atoms with Crippen LogP contribution in [-0.4, -0.2) is 14.9 Å². The largest absolute Gasteiger partial charge is 0.376 e. The molecule has 0 fully saturated rings. The van der Waals surface area contributed by atoms with E-state index in [4.69, 9.17) is 0 Å². The van der Waals surface area contributed by atoms with Crippen molar-refractivity contribution in [1.29, 1.82) is 0 Å². The van der Waals surface area contributed by atoms with Gasteiger partial charge in [0.15, 0.2) is 8.07 Å². The van der Waals surface area contributed by atoms with Gasteiger partial charge in [-0.25, -0.2) is 0 Å². The highest BCUT2D eigenvalue weighted by Gasteiger charge is 2.54. The molecule has 0 unspecified atom stereocenters. The summed E-state index contributed by atoms with van der Waals surface area (Å²) in [6.07, 6.45) is 0. The van der Waals surface area contributed by atoms with Gasteiger partial charge < -0.3 is 9.71 Å². The molecule has 3 aliphatic rings. The van der Waals surface area contributed by atoms with Gasteiger partial charge >= 0.3 is 6.85 Å². The highest BCUT2D eigenvalue weighted by Crippen LogP contribution is 2.47. The smallest absolute Gasteiger partial charge is 0.333 e. The van der Waals surface area contributed by atoms with Crippen LogP contribution in [0.25, 0.3) is 11.1 Å². The summed E-state index contributed by atoms with van der Waals surface area (Å²) in [7, 11) is -2.71. The van der Waals surface area contributed by atoms with Crippen molar-refractivity contribution < 1.29 is 0 Å². The van der Waals surface area contributed by atoms with Gasteiger partial charge in [0, 0.05) is 34.0 Å². The lowest BCUT2D eigenvalue weighted by molar-refractivity contribution is 1.26. The van der Waals surface area contributed by atoms with Gasteiger partial charge in [0.05, 0.1) is 0 Å². The fourth-order valence-electron chi connectivity index (χ4n) is 8.83. The van der Waals surface area contributed by atoms with Crippen LogP contribution >= 0.6 is 0 Å². The molecular weight excluding hydrogens is 583 g/mol. The molecule has 0 radical (unpaired) electrons. The molecule has 0 saturated heterocycles. The Labute approximate surface area is 277 Å². The SMILES string of the molecule is Cc1cc2c3c(c1)N(c1ccccc1)c1ccccc1B3N1c3ccccc3[Si](c3ccccc3)(c3ccccc3)c3cccc-2c31. The maximum atomic E-state index is 2.71. The van der Waals surface area contributed by atoms with Crippen molar-refractivity contribution >= 4 is 75.0 Å². The molecule has 7 aromatic carbocycles. The predicted octanol–water partition coefficient (Wildman–Crippen LogP) is 6.39. The molecule has 0 N–H and O–H groups in total. The van der Waals surface area contributed by atoms with Gasteiger partial charge in [-0.05, 0) is 80.1 Å². The first-order valence-corrected chi connectivity index (χ1v) is 18.5. The minimum Gasteiger partial charge on any atom is -0.376 e. The van der Waals surface area contributed by atoms with Crippen LogP contribution in [0.1, 0.15) is 5.56 Å². The number of aryl methyl sites for hydroxylation is 1. The van der Waals surface area contributed by atoms with Gasteiger partial charge in [-0.15, -0.1) is 0 Å². The highest BCUT2D eigenvalue weighted by atomic mass is 28.3. The van der Waals surface area contributed by atoms with Crippen LogP contribution in [0.2, 0.25) is 0 Å². The van der Waals surface area contributed by atoms with Gasteiger partial charge in [-0.1, -0.05) is 140 Å². The van der Waals surface area contributed by atoms with E-state index in [-0.39, 0.29) is 6.85 Å². The van der Waals surface area contributed by atoms with E-state index < -0.39 is 8.07 Å².